The molecule has 1 rings (SSSR count). The fourth-order valence-electron chi connectivity index (χ4n) is 6.63. The molecule has 1 heterocycles. The number of hydrogen-bond acceptors (Lipinski definition) is 8. The highest BCUT2D eigenvalue weighted by Gasteiger charge is 2.44. The van der Waals surface area contributed by atoms with Gasteiger partial charge >= 0.3 is 0 Å². The lowest BCUT2D eigenvalue weighted by molar-refractivity contribution is -0.302. The summed E-state index contributed by atoms with van der Waals surface area (Å²) in [6, 6.07) is -0.709. The number of hydrogen-bond donors (Lipinski definition) is 6. The molecule has 1 saturated heterocycles. The molecule has 0 radical (unpaired) electrons. The SMILES string of the molecule is CCCCCCCCCCCCCCCCCC(=O)N[C@@H](CO[C@@H]1O[C@H](CO)[C@H](O)C(O)C1O)[C@H](O)CCCCCCCCCCCC. The lowest BCUT2D eigenvalue weighted by Crippen LogP contribution is -2.60. The molecule has 0 bridgehead atoms. The fraction of sp³-hybridized carbons (Fsp3) is 0.974. The topological polar surface area (TPSA) is 149 Å². The van der Waals surface area contributed by atoms with Crippen molar-refractivity contribution >= 4 is 5.91 Å². The van der Waals surface area contributed by atoms with Crippen molar-refractivity contribution in [3.63, 3.8) is 0 Å². The quantitative estimate of drug-likeness (QED) is 0.0396. The summed E-state index contributed by atoms with van der Waals surface area (Å²) in [4.78, 5) is 12.9. The van der Waals surface area contributed by atoms with E-state index >= 15 is 0 Å². The number of amides is 1. The number of rotatable bonds is 33. The molecule has 1 aliphatic heterocycles. The number of unbranched alkanes of at least 4 members (excludes halogenated alkanes) is 23. The zero-order valence-electron chi connectivity index (χ0n) is 31.0. The van der Waals surface area contributed by atoms with Crippen molar-refractivity contribution in [2.24, 2.45) is 0 Å². The summed E-state index contributed by atoms with van der Waals surface area (Å²) in [5.41, 5.74) is 0. The van der Waals surface area contributed by atoms with E-state index in [1.54, 1.807) is 0 Å². The Labute approximate surface area is 294 Å². The van der Waals surface area contributed by atoms with Gasteiger partial charge in [-0.25, -0.2) is 0 Å². The highest BCUT2D eigenvalue weighted by atomic mass is 16.7. The normalized spacial score (nSPS) is 22.5. The van der Waals surface area contributed by atoms with Gasteiger partial charge in [-0.3, -0.25) is 4.79 Å². The van der Waals surface area contributed by atoms with Crippen molar-refractivity contribution in [2.75, 3.05) is 13.2 Å². The standard InChI is InChI=1S/C39H77NO8/c1-3-5-7-9-11-13-15-16-17-18-19-21-23-25-27-29-35(43)40-32(31-47-39-38(46)37(45)36(44)34(30-41)48-39)33(42)28-26-24-22-20-14-12-10-8-6-4-2/h32-34,36-39,41-42,44-46H,3-31H2,1-2H3,(H,40,43)/t32-,33+,34+,36-,37?,38?,39+/m0/s1. The summed E-state index contributed by atoms with van der Waals surface area (Å²) in [5.74, 6) is -0.144. The Morgan fingerprint density at radius 3 is 1.48 bits per heavy atom. The molecular formula is C39H77NO8. The minimum Gasteiger partial charge on any atom is -0.394 e. The van der Waals surface area contributed by atoms with Crippen LogP contribution in [0.15, 0.2) is 0 Å². The van der Waals surface area contributed by atoms with Crippen LogP contribution in [0.2, 0.25) is 0 Å². The van der Waals surface area contributed by atoms with Crippen LogP contribution < -0.4 is 5.32 Å². The summed E-state index contributed by atoms with van der Waals surface area (Å²) in [5, 5.41) is 54.0. The largest absolute Gasteiger partial charge is 0.394 e. The van der Waals surface area contributed by atoms with E-state index in [9.17, 15) is 30.3 Å². The van der Waals surface area contributed by atoms with E-state index in [1.807, 2.05) is 0 Å². The minimum absolute atomic E-state index is 0.133. The molecular weight excluding hydrogens is 610 g/mol. The Morgan fingerprint density at radius 2 is 1.04 bits per heavy atom. The third kappa shape index (κ3) is 22.1. The van der Waals surface area contributed by atoms with Crippen molar-refractivity contribution in [1.82, 2.24) is 5.32 Å². The number of ether oxygens (including phenoxy) is 2. The first-order chi connectivity index (χ1) is 23.3. The van der Waals surface area contributed by atoms with Gasteiger partial charge < -0.3 is 40.3 Å². The van der Waals surface area contributed by atoms with Gasteiger partial charge in [0.05, 0.1) is 25.4 Å². The maximum absolute atomic E-state index is 12.9. The molecule has 0 spiro atoms. The van der Waals surface area contributed by atoms with Gasteiger partial charge in [-0.2, -0.15) is 0 Å². The predicted molar refractivity (Wildman–Crippen MR) is 194 cm³/mol. The average Bonchev–Trinajstić information content (AvgIpc) is 3.08. The lowest BCUT2D eigenvalue weighted by atomic mass is 9.99. The average molecular weight is 688 g/mol. The van der Waals surface area contributed by atoms with E-state index < -0.39 is 49.5 Å². The van der Waals surface area contributed by atoms with Crippen molar-refractivity contribution in [3.05, 3.63) is 0 Å². The summed E-state index contributed by atoms with van der Waals surface area (Å²) >= 11 is 0. The van der Waals surface area contributed by atoms with Crippen LogP contribution in [0.3, 0.4) is 0 Å². The number of aliphatic hydroxyl groups is 5. The van der Waals surface area contributed by atoms with Gasteiger partial charge in [-0.1, -0.05) is 168 Å². The summed E-state index contributed by atoms with van der Waals surface area (Å²) < 4.78 is 11.2. The number of carbonyl (C=O) groups is 1. The van der Waals surface area contributed by atoms with E-state index in [-0.39, 0.29) is 12.5 Å². The Morgan fingerprint density at radius 1 is 0.625 bits per heavy atom. The summed E-state index contributed by atoms with van der Waals surface area (Å²) in [6.07, 6.45) is 23.9. The van der Waals surface area contributed by atoms with Crippen molar-refractivity contribution in [1.29, 1.82) is 0 Å². The number of aliphatic hydroxyl groups excluding tert-OH is 5. The van der Waals surface area contributed by atoms with Gasteiger partial charge in [-0.05, 0) is 12.8 Å². The third-order valence-corrected chi connectivity index (χ3v) is 9.96. The summed E-state index contributed by atoms with van der Waals surface area (Å²) in [7, 11) is 0. The predicted octanol–water partition coefficient (Wildman–Crippen LogP) is 7.22. The maximum Gasteiger partial charge on any atom is 0.220 e. The van der Waals surface area contributed by atoms with E-state index in [2.05, 4.69) is 19.2 Å². The molecule has 286 valence electrons. The highest BCUT2D eigenvalue weighted by molar-refractivity contribution is 5.76. The van der Waals surface area contributed by atoms with Gasteiger partial charge in [-0.15, -0.1) is 0 Å². The molecule has 6 N–H and O–H groups in total. The lowest BCUT2D eigenvalue weighted by Gasteiger charge is -2.40. The van der Waals surface area contributed by atoms with E-state index in [0.29, 0.717) is 12.8 Å². The molecule has 0 aromatic heterocycles. The molecule has 1 amide bonds. The molecule has 2 unspecified atom stereocenters. The molecule has 48 heavy (non-hydrogen) atoms. The smallest absolute Gasteiger partial charge is 0.220 e. The highest BCUT2D eigenvalue weighted by Crippen LogP contribution is 2.23. The van der Waals surface area contributed by atoms with E-state index in [0.717, 1.165) is 38.5 Å². The Hall–Kier alpha value is -0.810. The van der Waals surface area contributed by atoms with Gasteiger partial charge in [0.1, 0.15) is 24.4 Å². The van der Waals surface area contributed by atoms with Crippen LogP contribution in [0.1, 0.15) is 187 Å². The van der Waals surface area contributed by atoms with Crippen LogP contribution in [0, 0.1) is 0 Å². The second kappa shape index (κ2) is 31.0. The number of nitrogens with one attached hydrogen (secondary N) is 1. The first kappa shape index (κ1) is 45.2. The van der Waals surface area contributed by atoms with Gasteiger partial charge in [0, 0.05) is 6.42 Å². The molecule has 1 aliphatic rings. The molecule has 9 nitrogen and oxygen atoms in total. The second-order valence-corrected chi connectivity index (χ2v) is 14.4. The van der Waals surface area contributed by atoms with Crippen LogP contribution >= 0.6 is 0 Å². The van der Waals surface area contributed by atoms with Crippen molar-refractivity contribution in [3.8, 4) is 0 Å². The van der Waals surface area contributed by atoms with Crippen molar-refractivity contribution in [2.45, 2.75) is 230 Å². The maximum atomic E-state index is 12.9. The summed E-state index contributed by atoms with van der Waals surface area (Å²) in [6.45, 7) is 3.81. The molecule has 1 fully saturated rings. The van der Waals surface area contributed by atoms with Crippen molar-refractivity contribution < 1.29 is 39.8 Å². The van der Waals surface area contributed by atoms with Crippen LogP contribution in [0.25, 0.3) is 0 Å². The molecule has 0 aromatic rings. The zero-order valence-corrected chi connectivity index (χ0v) is 31.0. The molecule has 7 atom stereocenters. The Bertz CT molecular complexity index is 726. The van der Waals surface area contributed by atoms with Gasteiger partial charge in [0.25, 0.3) is 0 Å². The van der Waals surface area contributed by atoms with Crippen LogP contribution in [-0.4, -0.2) is 87.5 Å². The Kier molecular flexibility index (Phi) is 29.2. The first-order valence-electron chi connectivity index (χ1n) is 20.2. The van der Waals surface area contributed by atoms with Crippen LogP contribution in [0.4, 0.5) is 0 Å². The molecule has 0 aromatic carbocycles. The molecule has 0 saturated carbocycles. The Balaban J connectivity index is 2.37. The van der Waals surface area contributed by atoms with Crippen LogP contribution in [0.5, 0.6) is 0 Å². The van der Waals surface area contributed by atoms with E-state index in [1.165, 1.54) is 122 Å². The fourth-order valence-corrected chi connectivity index (χ4v) is 6.63. The zero-order chi connectivity index (χ0) is 35.2. The molecule has 0 aliphatic carbocycles. The monoisotopic (exact) mass is 688 g/mol. The third-order valence-electron chi connectivity index (χ3n) is 9.96. The van der Waals surface area contributed by atoms with Gasteiger partial charge in [0.15, 0.2) is 6.29 Å². The second-order valence-electron chi connectivity index (χ2n) is 14.4. The number of carbonyl (C=O) groups excluding carboxylic acids is 1. The molecule has 9 heteroatoms. The first-order valence-corrected chi connectivity index (χ1v) is 20.2. The minimum atomic E-state index is -1.55. The van der Waals surface area contributed by atoms with E-state index in [4.69, 9.17) is 9.47 Å². The van der Waals surface area contributed by atoms with Crippen LogP contribution in [-0.2, 0) is 14.3 Å². The van der Waals surface area contributed by atoms with Gasteiger partial charge in [0.2, 0.25) is 5.91 Å².